The lowest BCUT2D eigenvalue weighted by Gasteiger charge is -2.18. The third-order valence-corrected chi connectivity index (χ3v) is 3.26. The molecule has 0 aliphatic heterocycles. The molecule has 2 rings (SSSR count). The number of hydrogen-bond donors (Lipinski definition) is 1. The molecule has 1 atom stereocenters. The van der Waals surface area contributed by atoms with Gasteiger partial charge in [0.1, 0.15) is 11.6 Å². The number of likely N-dealkylation sites (N-methyl/N-ethyl adjacent to an activating group) is 1. The minimum Gasteiger partial charge on any atom is -0.469 e. The average molecular weight is 312 g/mol. The van der Waals surface area contributed by atoms with E-state index in [1.807, 2.05) is 25.1 Å². The Balaban J connectivity index is 2.26. The van der Waals surface area contributed by atoms with E-state index >= 15 is 0 Å². The summed E-state index contributed by atoms with van der Waals surface area (Å²) in [6, 6.07) is 8.65. The molecule has 0 aliphatic rings. The fraction of sp³-hybridized carbons (Fsp3) is 0.286. The van der Waals surface area contributed by atoms with Crippen LogP contribution in [-0.4, -0.2) is 6.54 Å². The van der Waals surface area contributed by atoms with Gasteiger partial charge in [0.25, 0.3) is 0 Å². The maximum atomic E-state index is 13.9. The quantitative estimate of drug-likeness (QED) is 0.900. The largest absolute Gasteiger partial charge is 0.469 e. The molecule has 0 saturated carbocycles. The van der Waals surface area contributed by atoms with E-state index < -0.39 is 0 Å². The van der Waals surface area contributed by atoms with E-state index in [4.69, 9.17) is 4.42 Å². The molecule has 18 heavy (non-hydrogen) atoms. The van der Waals surface area contributed by atoms with Crippen molar-refractivity contribution in [3.05, 3.63) is 58.2 Å². The van der Waals surface area contributed by atoms with Crippen LogP contribution in [0.2, 0.25) is 0 Å². The molecule has 0 fully saturated rings. The standard InChI is InChI=1S/C14H15BrFNO/c1-2-17-14(9-11-4-3-7-18-11)12-8-10(15)5-6-13(12)16/h3-8,14,17H,2,9H2,1H3. The van der Waals surface area contributed by atoms with Gasteiger partial charge in [0.2, 0.25) is 0 Å². The van der Waals surface area contributed by atoms with E-state index in [0.717, 1.165) is 16.8 Å². The third kappa shape index (κ3) is 3.21. The number of rotatable bonds is 5. The Labute approximate surface area is 114 Å². The summed E-state index contributed by atoms with van der Waals surface area (Å²) >= 11 is 3.38. The van der Waals surface area contributed by atoms with E-state index in [0.29, 0.717) is 12.0 Å². The van der Waals surface area contributed by atoms with Gasteiger partial charge < -0.3 is 9.73 Å². The predicted molar refractivity (Wildman–Crippen MR) is 72.9 cm³/mol. The first-order valence-electron chi connectivity index (χ1n) is 5.91. The van der Waals surface area contributed by atoms with Gasteiger partial charge in [-0.05, 0) is 36.9 Å². The molecule has 0 amide bonds. The first-order valence-corrected chi connectivity index (χ1v) is 6.70. The Kier molecular flexibility index (Phi) is 4.55. The van der Waals surface area contributed by atoms with Crippen molar-refractivity contribution in [1.82, 2.24) is 5.32 Å². The fourth-order valence-electron chi connectivity index (χ4n) is 1.95. The Morgan fingerprint density at radius 2 is 2.22 bits per heavy atom. The molecule has 0 aliphatic carbocycles. The molecule has 0 bridgehead atoms. The molecule has 0 spiro atoms. The minimum absolute atomic E-state index is 0.0846. The van der Waals surface area contributed by atoms with Crippen LogP contribution in [-0.2, 0) is 6.42 Å². The Morgan fingerprint density at radius 3 is 2.89 bits per heavy atom. The van der Waals surface area contributed by atoms with Crippen LogP contribution in [0.1, 0.15) is 24.3 Å². The van der Waals surface area contributed by atoms with Crippen LogP contribution in [0.3, 0.4) is 0 Å². The summed E-state index contributed by atoms with van der Waals surface area (Å²) in [4.78, 5) is 0. The molecular weight excluding hydrogens is 297 g/mol. The summed E-state index contributed by atoms with van der Waals surface area (Å²) in [6.45, 7) is 2.78. The van der Waals surface area contributed by atoms with Crippen molar-refractivity contribution >= 4 is 15.9 Å². The van der Waals surface area contributed by atoms with Crippen molar-refractivity contribution in [3.63, 3.8) is 0 Å². The summed E-state index contributed by atoms with van der Waals surface area (Å²) in [5.74, 6) is 0.649. The summed E-state index contributed by atoms with van der Waals surface area (Å²) in [5.41, 5.74) is 0.655. The van der Waals surface area contributed by atoms with Crippen LogP contribution in [0.4, 0.5) is 4.39 Å². The highest BCUT2D eigenvalue weighted by molar-refractivity contribution is 9.10. The van der Waals surface area contributed by atoms with E-state index in [-0.39, 0.29) is 11.9 Å². The Morgan fingerprint density at radius 1 is 1.39 bits per heavy atom. The lowest BCUT2D eigenvalue weighted by molar-refractivity contribution is 0.444. The lowest BCUT2D eigenvalue weighted by Crippen LogP contribution is -2.23. The molecule has 0 radical (unpaired) electrons. The van der Waals surface area contributed by atoms with Crippen LogP contribution >= 0.6 is 15.9 Å². The maximum Gasteiger partial charge on any atom is 0.128 e. The first kappa shape index (κ1) is 13.3. The van der Waals surface area contributed by atoms with Gasteiger partial charge in [-0.2, -0.15) is 0 Å². The Bertz CT molecular complexity index is 499. The van der Waals surface area contributed by atoms with Gasteiger partial charge in [0.15, 0.2) is 0 Å². The van der Waals surface area contributed by atoms with Gasteiger partial charge in [-0.1, -0.05) is 22.9 Å². The molecule has 1 unspecified atom stereocenters. The summed E-state index contributed by atoms with van der Waals surface area (Å²) in [5, 5.41) is 3.28. The van der Waals surface area contributed by atoms with Crippen molar-refractivity contribution in [2.75, 3.05) is 6.54 Å². The van der Waals surface area contributed by atoms with Gasteiger partial charge in [0.05, 0.1) is 6.26 Å². The molecule has 0 saturated heterocycles. The van der Waals surface area contributed by atoms with Crippen LogP contribution in [0.5, 0.6) is 0 Å². The zero-order valence-corrected chi connectivity index (χ0v) is 11.7. The second kappa shape index (κ2) is 6.16. The van der Waals surface area contributed by atoms with Crippen molar-refractivity contribution in [2.45, 2.75) is 19.4 Å². The van der Waals surface area contributed by atoms with Gasteiger partial charge in [0, 0.05) is 22.5 Å². The molecule has 1 aromatic carbocycles. The zero-order valence-electron chi connectivity index (χ0n) is 10.1. The van der Waals surface area contributed by atoms with E-state index in [2.05, 4.69) is 21.2 Å². The topological polar surface area (TPSA) is 25.2 Å². The van der Waals surface area contributed by atoms with Crippen LogP contribution in [0, 0.1) is 5.82 Å². The molecule has 4 heteroatoms. The monoisotopic (exact) mass is 311 g/mol. The van der Waals surface area contributed by atoms with Gasteiger partial charge in [-0.15, -0.1) is 0 Å². The van der Waals surface area contributed by atoms with Crippen molar-refractivity contribution in [3.8, 4) is 0 Å². The highest BCUT2D eigenvalue weighted by atomic mass is 79.9. The molecule has 1 aromatic heterocycles. The van der Waals surface area contributed by atoms with Crippen molar-refractivity contribution in [1.29, 1.82) is 0 Å². The van der Waals surface area contributed by atoms with E-state index in [9.17, 15) is 4.39 Å². The highest BCUT2D eigenvalue weighted by Crippen LogP contribution is 2.24. The smallest absolute Gasteiger partial charge is 0.128 e. The predicted octanol–water partition coefficient (Wildman–Crippen LogP) is 4.07. The number of hydrogen-bond acceptors (Lipinski definition) is 2. The molecule has 1 N–H and O–H groups in total. The van der Waals surface area contributed by atoms with E-state index in [1.54, 1.807) is 12.3 Å². The van der Waals surface area contributed by atoms with Crippen molar-refractivity contribution < 1.29 is 8.81 Å². The minimum atomic E-state index is -0.198. The highest BCUT2D eigenvalue weighted by Gasteiger charge is 2.17. The number of benzene rings is 1. The van der Waals surface area contributed by atoms with Gasteiger partial charge in [-0.3, -0.25) is 0 Å². The normalized spacial score (nSPS) is 12.6. The fourth-order valence-corrected chi connectivity index (χ4v) is 2.33. The van der Waals surface area contributed by atoms with Crippen LogP contribution < -0.4 is 5.32 Å². The third-order valence-electron chi connectivity index (χ3n) is 2.77. The van der Waals surface area contributed by atoms with Gasteiger partial charge >= 0.3 is 0 Å². The van der Waals surface area contributed by atoms with E-state index in [1.165, 1.54) is 6.07 Å². The zero-order chi connectivity index (χ0) is 13.0. The number of nitrogens with one attached hydrogen (secondary N) is 1. The molecule has 2 nitrogen and oxygen atoms in total. The molecule has 2 aromatic rings. The first-order chi connectivity index (χ1) is 8.70. The van der Waals surface area contributed by atoms with Crippen molar-refractivity contribution in [2.24, 2.45) is 0 Å². The summed E-state index contributed by atoms with van der Waals surface area (Å²) in [6.07, 6.45) is 2.27. The second-order valence-corrected chi connectivity index (χ2v) is 4.98. The lowest BCUT2D eigenvalue weighted by atomic mass is 10.0. The number of halogens is 2. The molecular formula is C14H15BrFNO. The van der Waals surface area contributed by atoms with Crippen LogP contribution in [0.25, 0.3) is 0 Å². The molecule has 1 heterocycles. The van der Waals surface area contributed by atoms with Gasteiger partial charge in [-0.25, -0.2) is 4.39 Å². The SMILES string of the molecule is CCNC(Cc1ccco1)c1cc(Br)ccc1F. The van der Waals surface area contributed by atoms with Crippen LogP contribution in [0.15, 0.2) is 45.5 Å². The number of furan rings is 1. The second-order valence-electron chi connectivity index (χ2n) is 4.06. The summed E-state index contributed by atoms with van der Waals surface area (Å²) < 4.78 is 20.1. The average Bonchev–Trinajstić information content (AvgIpc) is 2.85. The maximum absolute atomic E-state index is 13.9. The Hall–Kier alpha value is -1.13. The summed E-state index contributed by atoms with van der Waals surface area (Å²) in [7, 11) is 0. The molecule has 96 valence electrons.